The van der Waals surface area contributed by atoms with Crippen molar-refractivity contribution >= 4 is 28.3 Å². The van der Waals surface area contributed by atoms with Gasteiger partial charge in [0.1, 0.15) is 5.75 Å². The van der Waals surface area contributed by atoms with Crippen LogP contribution in [0.2, 0.25) is 0 Å². The van der Waals surface area contributed by atoms with E-state index < -0.39 is 12.0 Å². The standard InChI is InChI=1S/C23H23N3O3S/c1-13-14(2)30-23(24-13)25-21(27)19-17-7-5-6-8-18(17)22(28)26(3)20(19)15-9-11-16(29-4)12-10-15/h5-12,19-20H,1-4H3,(H,24,25,27)/t19-,20+/m0/s1. The maximum atomic E-state index is 13.5. The first-order chi connectivity index (χ1) is 14.4. The number of nitrogens with zero attached hydrogens (tertiary/aromatic N) is 2. The number of hydrogen-bond donors (Lipinski definition) is 1. The van der Waals surface area contributed by atoms with Crippen LogP contribution >= 0.6 is 11.3 Å². The van der Waals surface area contributed by atoms with Crippen molar-refractivity contribution in [3.63, 3.8) is 0 Å². The highest BCUT2D eigenvalue weighted by Gasteiger charge is 2.42. The molecular formula is C23H23N3O3S. The summed E-state index contributed by atoms with van der Waals surface area (Å²) in [5.41, 5.74) is 3.05. The first kappa shape index (κ1) is 20.1. The van der Waals surface area contributed by atoms with Crippen molar-refractivity contribution in [2.45, 2.75) is 25.8 Å². The van der Waals surface area contributed by atoms with Gasteiger partial charge >= 0.3 is 0 Å². The van der Waals surface area contributed by atoms with Gasteiger partial charge < -0.3 is 15.0 Å². The second kappa shape index (κ2) is 7.91. The molecule has 2 heterocycles. The van der Waals surface area contributed by atoms with E-state index in [-0.39, 0.29) is 11.8 Å². The third-order valence-electron chi connectivity index (χ3n) is 5.58. The number of hydrogen-bond acceptors (Lipinski definition) is 5. The highest BCUT2D eigenvalue weighted by molar-refractivity contribution is 7.15. The van der Waals surface area contributed by atoms with Gasteiger partial charge in [-0.15, -0.1) is 11.3 Å². The Bertz CT molecular complexity index is 1090. The van der Waals surface area contributed by atoms with Crippen LogP contribution in [0.3, 0.4) is 0 Å². The molecule has 4 rings (SSSR count). The SMILES string of the molecule is COc1ccc([C@@H]2[C@@H](C(=O)Nc3nc(C)c(C)s3)c3ccccc3C(=O)N2C)cc1. The third-order valence-corrected chi connectivity index (χ3v) is 6.57. The topological polar surface area (TPSA) is 71.5 Å². The molecule has 1 aromatic heterocycles. The number of benzene rings is 2. The van der Waals surface area contributed by atoms with Crippen LogP contribution < -0.4 is 10.1 Å². The number of likely N-dealkylation sites (N-methyl/N-ethyl adjacent to an activating group) is 1. The normalized spacial score (nSPS) is 18.1. The van der Waals surface area contributed by atoms with Crippen LogP contribution in [0, 0.1) is 13.8 Å². The minimum absolute atomic E-state index is 0.101. The molecule has 0 saturated heterocycles. The molecule has 0 spiro atoms. The Labute approximate surface area is 179 Å². The zero-order valence-electron chi connectivity index (χ0n) is 17.3. The van der Waals surface area contributed by atoms with E-state index in [2.05, 4.69) is 10.3 Å². The van der Waals surface area contributed by atoms with Crippen LogP contribution in [0.4, 0.5) is 5.13 Å². The van der Waals surface area contributed by atoms with Gasteiger partial charge in [-0.2, -0.15) is 0 Å². The molecule has 1 N–H and O–H groups in total. The zero-order chi connectivity index (χ0) is 21.4. The maximum absolute atomic E-state index is 13.5. The number of nitrogens with one attached hydrogen (secondary N) is 1. The number of aryl methyl sites for hydroxylation is 2. The van der Waals surface area contributed by atoms with Crippen LogP contribution in [-0.4, -0.2) is 35.9 Å². The lowest BCUT2D eigenvalue weighted by atomic mass is 9.79. The van der Waals surface area contributed by atoms with Gasteiger partial charge in [-0.3, -0.25) is 9.59 Å². The van der Waals surface area contributed by atoms with Crippen molar-refractivity contribution in [2.75, 3.05) is 19.5 Å². The fourth-order valence-electron chi connectivity index (χ4n) is 3.88. The van der Waals surface area contributed by atoms with Crippen LogP contribution in [0.1, 0.15) is 44.0 Å². The van der Waals surface area contributed by atoms with Gasteiger partial charge in [0.25, 0.3) is 5.91 Å². The average Bonchev–Trinajstić information content (AvgIpc) is 3.07. The number of ether oxygens (including phenoxy) is 1. The number of amides is 2. The number of thiazole rings is 1. The fraction of sp³-hybridized carbons (Fsp3) is 0.261. The number of rotatable bonds is 4. The smallest absolute Gasteiger partial charge is 0.254 e. The Balaban J connectivity index is 1.79. The Morgan fingerprint density at radius 3 is 2.47 bits per heavy atom. The van der Waals surface area contributed by atoms with Gasteiger partial charge in [-0.1, -0.05) is 30.3 Å². The van der Waals surface area contributed by atoms with E-state index in [1.807, 2.05) is 56.3 Å². The molecule has 154 valence electrons. The van der Waals surface area contributed by atoms with Crippen LogP contribution in [0.15, 0.2) is 48.5 Å². The van der Waals surface area contributed by atoms with Crippen molar-refractivity contribution in [1.82, 2.24) is 9.88 Å². The molecule has 2 atom stereocenters. The lowest BCUT2D eigenvalue weighted by Crippen LogP contribution is -2.44. The molecular weight excluding hydrogens is 398 g/mol. The molecule has 0 saturated carbocycles. The van der Waals surface area contributed by atoms with Crippen molar-refractivity contribution in [3.8, 4) is 5.75 Å². The summed E-state index contributed by atoms with van der Waals surface area (Å²) < 4.78 is 5.26. The summed E-state index contributed by atoms with van der Waals surface area (Å²) in [5, 5.41) is 3.55. The van der Waals surface area contributed by atoms with E-state index >= 15 is 0 Å². The summed E-state index contributed by atoms with van der Waals surface area (Å²) in [7, 11) is 3.35. The predicted octanol–water partition coefficient (Wildman–Crippen LogP) is 4.32. The number of anilines is 1. The summed E-state index contributed by atoms with van der Waals surface area (Å²) in [5.74, 6) is -0.131. The number of methoxy groups -OCH3 is 1. The fourth-order valence-corrected chi connectivity index (χ4v) is 4.70. The average molecular weight is 422 g/mol. The summed E-state index contributed by atoms with van der Waals surface area (Å²) in [6.45, 7) is 3.90. The summed E-state index contributed by atoms with van der Waals surface area (Å²) in [4.78, 5) is 33.7. The maximum Gasteiger partial charge on any atom is 0.254 e. The van der Waals surface area contributed by atoms with Crippen molar-refractivity contribution < 1.29 is 14.3 Å². The van der Waals surface area contributed by atoms with Gasteiger partial charge in [0, 0.05) is 17.5 Å². The van der Waals surface area contributed by atoms with Crippen molar-refractivity contribution in [3.05, 3.63) is 75.8 Å². The summed E-state index contributed by atoms with van der Waals surface area (Å²) >= 11 is 1.45. The molecule has 2 amide bonds. The number of carbonyl (C=O) groups excluding carboxylic acids is 2. The first-order valence-electron chi connectivity index (χ1n) is 9.65. The van der Waals surface area contributed by atoms with E-state index in [4.69, 9.17) is 4.74 Å². The summed E-state index contributed by atoms with van der Waals surface area (Å²) in [6.07, 6.45) is 0. The minimum Gasteiger partial charge on any atom is -0.497 e. The van der Waals surface area contributed by atoms with E-state index in [1.54, 1.807) is 25.1 Å². The number of carbonyl (C=O) groups is 2. The summed E-state index contributed by atoms with van der Waals surface area (Å²) in [6, 6.07) is 14.4. The molecule has 0 unspecified atom stereocenters. The molecule has 1 aliphatic heterocycles. The Kier molecular flexibility index (Phi) is 5.30. The molecule has 1 aliphatic rings. The van der Waals surface area contributed by atoms with Crippen molar-refractivity contribution in [1.29, 1.82) is 0 Å². The van der Waals surface area contributed by atoms with Crippen LogP contribution in [0.5, 0.6) is 5.75 Å². The Hall–Kier alpha value is -3.19. The molecule has 3 aromatic rings. The van der Waals surface area contributed by atoms with E-state index in [1.165, 1.54) is 11.3 Å². The van der Waals surface area contributed by atoms with Gasteiger partial charge in [-0.05, 0) is 43.2 Å². The molecule has 0 radical (unpaired) electrons. The first-order valence-corrected chi connectivity index (χ1v) is 10.5. The largest absolute Gasteiger partial charge is 0.497 e. The molecule has 0 fully saturated rings. The highest BCUT2D eigenvalue weighted by atomic mass is 32.1. The second-order valence-electron chi connectivity index (χ2n) is 7.35. The van der Waals surface area contributed by atoms with Crippen LogP contribution in [0.25, 0.3) is 0 Å². The Morgan fingerprint density at radius 1 is 1.13 bits per heavy atom. The molecule has 6 nitrogen and oxygen atoms in total. The third kappa shape index (κ3) is 3.45. The molecule has 30 heavy (non-hydrogen) atoms. The number of fused-ring (bicyclic) bond motifs is 1. The lowest BCUT2D eigenvalue weighted by Gasteiger charge is -2.39. The zero-order valence-corrected chi connectivity index (χ0v) is 18.1. The van der Waals surface area contributed by atoms with E-state index in [0.717, 1.165) is 27.4 Å². The van der Waals surface area contributed by atoms with Gasteiger partial charge in [0.15, 0.2) is 5.13 Å². The van der Waals surface area contributed by atoms with E-state index in [0.29, 0.717) is 10.7 Å². The second-order valence-corrected chi connectivity index (χ2v) is 8.55. The molecule has 7 heteroatoms. The predicted molar refractivity (Wildman–Crippen MR) is 117 cm³/mol. The molecule has 2 aromatic carbocycles. The van der Waals surface area contributed by atoms with Crippen molar-refractivity contribution in [2.24, 2.45) is 0 Å². The number of aromatic nitrogens is 1. The molecule has 0 aliphatic carbocycles. The Morgan fingerprint density at radius 2 is 1.83 bits per heavy atom. The van der Waals surface area contributed by atoms with Gasteiger partial charge in [0.05, 0.1) is 24.8 Å². The minimum atomic E-state index is -0.568. The highest BCUT2D eigenvalue weighted by Crippen LogP contribution is 2.43. The van der Waals surface area contributed by atoms with E-state index in [9.17, 15) is 9.59 Å². The monoisotopic (exact) mass is 421 g/mol. The van der Waals surface area contributed by atoms with Gasteiger partial charge in [0.2, 0.25) is 5.91 Å². The molecule has 0 bridgehead atoms. The lowest BCUT2D eigenvalue weighted by molar-refractivity contribution is -0.119. The van der Waals surface area contributed by atoms with Gasteiger partial charge in [-0.25, -0.2) is 4.98 Å². The quantitative estimate of drug-likeness (QED) is 0.681. The van der Waals surface area contributed by atoms with Crippen LogP contribution in [-0.2, 0) is 4.79 Å².